The number of benzene rings is 1. The van der Waals surface area contributed by atoms with Crippen LogP contribution < -0.4 is 5.32 Å². The van der Waals surface area contributed by atoms with Gasteiger partial charge in [0.05, 0.1) is 12.7 Å². The van der Waals surface area contributed by atoms with Crippen molar-refractivity contribution in [3.05, 3.63) is 33.8 Å². The molecule has 0 amide bonds. The van der Waals surface area contributed by atoms with Crippen molar-refractivity contribution < 1.29 is 4.74 Å². The quantitative estimate of drug-likeness (QED) is 0.764. The predicted octanol–water partition coefficient (Wildman–Crippen LogP) is 2.03. The average molecular weight is 254 g/mol. The molecule has 0 unspecified atom stereocenters. The van der Waals surface area contributed by atoms with E-state index in [1.54, 1.807) is 0 Å². The molecule has 0 radical (unpaired) electrons. The molecule has 2 nitrogen and oxygen atoms in total. The van der Waals surface area contributed by atoms with Gasteiger partial charge in [-0.15, -0.1) is 0 Å². The smallest absolute Gasteiger partial charge is 0.0784 e. The molecule has 74 valence electrons. The second kappa shape index (κ2) is 3.33. The van der Waals surface area contributed by atoms with Crippen LogP contribution in [0.1, 0.15) is 17.0 Å². The molecule has 1 aromatic rings. The van der Waals surface area contributed by atoms with Gasteiger partial charge >= 0.3 is 0 Å². The largest absolute Gasteiger partial charge is 0.371 e. The summed E-state index contributed by atoms with van der Waals surface area (Å²) in [6.07, 6.45) is 0.386. The van der Waals surface area contributed by atoms with Crippen LogP contribution in [0.3, 0.4) is 0 Å². The fourth-order valence-corrected chi connectivity index (χ4v) is 2.90. The molecule has 0 bridgehead atoms. The Morgan fingerprint density at radius 3 is 3.21 bits per heavy atom. The van der Waals surface area contributed by atoms with Crippen molar-refractivity contribution >= 4 is 15.9 Å². The molecular weight excluding hydrogens is 242 g/mol. The maximum Gasteiger partial charge on any atom is 0.0784 e. The summed E-state index contributed by atoms with van der Waals surface area (Å²) in [5, 5.41) is 3.38. The van der Waals surface area contributed by atoms with E-state index in [-0.39, 0.29) is 0 Å². The molecule has 1 aromatic carbocycles. The van der Waals surface area contributed by atoms with Gasteiger partial charge in [0, 0.05) is 23.5 Å². The van der Waals surface area contributed by atoms with E-state index in [0.29, 0.717) is 12.0 Å². The van der Waals surface area contributed by atoms with Gasteiger partial charge in [-0.25, -0.2) is 0 Å². The molecule has 1 N–H and O–H groups in total. The first-order valence-electron chi connectivity index (χ1n) is 4.96. The highest BCUT2D eigenvalue weighted by atomic mass is 79.9. The second-order valence-corrected chi connectivity index (χ2v) is 4.78. The second-order valence-electron chi connectivity index (χ2n) is 3.92. The van der Waals surface area contributed by atoms with E-state index in [0.717, 1.165) is 19.7 Å². The summed E-state index contributed by atoms with van der Waals surface area (Å²) in [6.45, 7) is 2.80. The van der Waals surface area contributed by atoms with Crippen molar-refractivity contribution in [3.8, 4) is 0 Å². The average Bonchev–Trinajstić information content (AvgIpc) is 2.66. The Bertz CT molecular complexity index is 366. The van der Waals surface area contributed by atoms with E-state index in [1.165, 1.54) is 15.6 Å². The Morgan fingerprint density at radius 2 is 2.29 bits per heavy atom. The number of hydrogen-bond donors (Lipinski definition) is 1. The Morgan fingerprint density at radius 1 is 1.36 bits per heavy atom. The lowest BCUT2D eigenvalue weighted by atomic mass is 9.90. The number of nitrogens with one attached hydrogen (secondary N) is 1. The van der Waals surface area contributed by atoms with Crippen molar-refractivity contribution in [1.82, 2.24) is 5.32 Å². The van der Waals surface area contributed by atoms with Gasteiger partial charge in [-0.05, 0) is 17.2 Å². The minimum absolute atomic E-state index is 0.386. The van der Waals surface area contributed by atoms with Crippen LogP contribution in [-0.2, 0) is 11.3 Å². The van der Waals surface area contributed by atoms with Crippen LogP contribution in [0, 0.1) is 0 Å². The first-order valence-corrected chi connectivity index (χ1v) is 5.75. The van der Waals surface area contributed by atoms with Crippen molar-refractivity contribution in [3.63, 3.8) is 0 Å². The molecule has 2 atom stereocenters. The normalized spacial score (nSPS) is 29.8. The van der Waals surface area contributed by atoms with Crippen molar-refractivity contribution in [1.29, 1.82) is 0 Å². The van der Waals surface area contributed by atoms with Crippen LogP contribution in [-0.4, -0.2) is 19.2 Å². The Kier molecular flexibility index (Phi) is 2.11. The highest BCUT2D eigenvalue weighted by molar-refractivity contribution is 9.10. The standard InChI is InChI=1S/C11H12BrNO/c12-10-3-1-2-7-8-4-13-5-11(8)14-6-9(7)10/h1-3,8,11,13H,4-6H2/t8-,11-/m0/s1. The van der Waals surface area contributed by atoms with Crippen molar-refractivity contribution in [2.24, 2.45) is 0 Å². The lowest BCUT2D eigenvalue weighted by Gasteiger charge is -2.28. The first kappa shape index (κ1) is 8.89. The van der Waals surface area contributed by atoms with E-state index in [4.69, 9.17) is 4.74 Å². The van der Waals surface area contributed by atoms with Gasteiger partial charge in [0.1, 0.15) is 0 Å². The summed E-state index contributed by atoms with van der Waals surface area (Å²) in [7, 11) is 0. The van der Waals surface area contributed by atoms with Crippen LogP contribution in [0.25, 0.3) is 0 Å². The van der Waals surface area contributed by atoms with Crippen LogP contribution in [0.15, 0.2) is 22.7 Å². The fraction of sp³-hybridized carbons (Fsp3) is 0.455. The molecule has 0 saturated carbocycles. The van der Waals surface area contributed by atoms with Gasteiger partial charge in [0.2, 0.25) is 0 Å². The van der Waals surface area contributed by atoms with Gasteiger partial charge < -0.3 is 10.1 Å². The molecule has 0 spiro atoms. The molecule has 2 aliphatic rings. The maximum atomic E-state index is 5.82. The van der Waals surface area contributed by atoms with E-state index in [1.807, 2.05) is 0 Å². The number of halogens is 1. The molecule has 2 heterocycles. The molecule has 0 aliphatic carbocycles. The minimum Gasteiger partial charge on any atom is -0.371 e. The number of rotatable bonds is 0. The van der Waals surface area contributed by atoms with Gasteiger partial charge in [-0.1, -0.05) is 28.1 Å². The molecule has 3 rings (SSSR count). The van der Waals surface area contributed by atoms with E-state index in [9.17, 15) is 0 Å². The van der Waals surface area contributed by atoms with Gasteiger partial charge in [-0.3, -0.25) is 0 Å². The Hall–Kier alpha value is -0.380. The Balaban J connectivity index is 2.09. The van der Waals surface area contributed by atoms with Crippen LogP contribution in [0.5, 0.6) is 0 Å². The third-order valence-electron chi connectivity index (χ3n) is 3.15. The third kappa shape index (κ3) is 1.23. The number of fused-ring (bicyclic) bond motifs is 3. The minimum atomic E-state index is 0.386. The maximum absolute atomic E-state index is 5.82. The monoisotopic (exact) mass is 253 g/mol. The number of ether oxygens (including phenoxy) is 1. The lowest BCUT2D eigenvalue weighted by molar-refractivity contribution is 0.0295. The van der Waals surface area contributed by atoms with Crippen molar-refractivity contribution in [2.45, 2.75) is 18.6 Å². The van der Waals surface area contributed by atoms with Crippen molar-refractivity contribution in [2.75, 3.05) is 13.1 Å². The summed E-state index contributed by atoms with van der Waals surface area (Å²) in [6, 6.07) is 6.43. The van der Waals surface area contributed by atoms with Gasteiger partial charge in [0.15, 0.2) is 0 Å². The fourth-order valence-electron chi connectivity index (χ4n) is 2.41. The van der Waals surface area contributed by atoms with Gasteiger partial charge in [0.25, 0.3) is 0 Å². The zero-order valence-corrected chi connectivity index (χ0v) is 9.38. The SMILES string of the molecule is Brc1cccc2c1CO[C@H]1CNC[C@@H]21. The van der Waals surface area contributed by atoms with Crippen LogP contribution >= 0.6 is 15.9 Å². The summed E-state index contributed by atoms with van der Waals surface area (Å²) in [5.74, 6) is 0.552. The zero-order chi connectivity index (χ0) is 9.54. The molecule has 2 aliphatic heterocycles. The van der Waals surface area contributed by atoms with E-state index in [2.05, 4.69) is 39.4 Å². The number of hydrogen-bond acceptors (Lipinski definition) is 2. The molecule has 1 fully saturated rings. The summed E-state index contributed by atoms with van der Waals surface area (Å²) >= 11 is 3.58. The van der Waals surface area contributed by atoms with E-state index < -0.39 is 0 Å². The molecule has 0 aromatic heterocycles. The Labute approximate surface area is 91.8 Å². The highest BCUT2D eigenvalue weighted by Gasteiger charge is 2.34. The third-order valence-corrected chi connectivity index (χ3v) is 3.90. The topological polar surface area (TPSA) is 21.3 Å². The summed E-state index contributed by atoms with van der Waals surface area (Å²) in [4.78, 5) is 0. The van der Waals surface area contributed by atoms with Crippen LogP contribution in [0.4, 0.5) is 0 Å². The highest BCUT2D eigenvalue weighted by Crippen LogP contribution is 2.36. The molecular formula is C11H12BrNO. The van der Waals surface area contributed by atoms with E-state index >= 15 is 0 Å². The molecule has 3 heteroatoms. The predicted molar refractivity (Wildman–Crippen MR) is 58.3 cm³/mol. The molecule has 1 saturated heterocycles. The summed E-state index contributed by atoms with van der Waals surface area (Å²) in [5.41, 5.74) is 2.79. The summed E-state index contributed by atoms with van der Waals surface area (Å²) < 4.78 is 7.00. The van der Waals surface area contributed by atoms with Crippen LogP contribution in [0.2, 0.25) is 0 Å². The lowest BCUT2D eigenvalue weighted by Crippen LogP contribution is -2.26. The zero-order valence-electron chi connectivity index (χ0n) is 7.79. The van der Waals surface area contributed by atoms with Gasteiger partial charge in [-0.2, -0.15) is 0 Å². The first-order chi connectivity index (χ1) is 6.86. The molecule has 14 heavy (non-hydrogen) atoms.